The standard InChI is InChI=1S/C33H34BrCl2NO5/c1-32(2)13-23-29(25(38)15-32)28(30-24(37(23)10-9-27(40)41)14-33(3,4)16-26(30)39)19-11-21(35)31(22(36)12-19)42-17-18-5-7-20(34)8-6-18/h5-8,11-12,28H,9-10,13-17H2,1-4H3,(H,40,41). The fourth-order valence-corrected chi connectivity index (χ4v) is 7.36. The van der Waals surface area contributed by atoms with E-state index in [-0.39, 0.29) is 42.0 Å². The van der Waals surface area contributed by atoms with Crippen molar-refractivity contribution in [2.45, 2.75) is 72.3 Å². The van der Waals surface area contributed by atoms with Crippen molar-refractivity contribution >= 4 is 56.7 Å². The number of ether oxygens (including phenoxy) is 1. The van der Waals surface area contributed by atoms with Crippen LogP contribution in [-0.4, -0.2) is 34.1 Å². The Morgan fingerprint density at radius 1 is 0.929 bits per heavy atom. The van der Waals surface area contributed by atoms with Gasteiger partial charge in [-0.25, -0.2) is 0 Å². The number of carboxylic acids is 1. The fraction of sp³-hybridized carbons (Fsp3) is 0.424. The smallest absolute Gasteiger partial charge is 0.305 e. The van der Waals surface area contributed by atoms with Gasteiger partial charge in [-0.3, -0.25) is 14.4 Å². The molecule has 1 heterocycles. The van der Waals surface area contributed by atoms with Crippen molar-refractivity contribution in [2.24, 2.45) is 10.8 Å². The van der Waals surface area contributed by atoms with Crippen LogP contribution in [0, 0.1) is 10.8 Å². The molecule has 0 saturated heterocycles. The number of hydrogen-bond donors (Lipinski definition) is 1. The molecule has 0 fully saturated rings. The number of rotatable bonds is 7. The van der Waals surface area contributed by atoms with Crippen LogP contribution in [-0.2, 0) is 21.0 Å². The molecule has 0 atom stereocenters. The van der Waals surface area contributed by atoms with Crippen molar-refractivity contribution in [2.75, 3.05) is 6.54 Å². The molecule has 0 amide bonds. The van der Waals surface area contributed by atoms with Crippen LogP contribution < -0.4 is 4.74 Å². The molecule has 2 aliphatic carbocycles. The van der Waals surface area contributed by atoms with E-state index < -0.39 is 11.9 Å². The summed E-state index contributed by atoms with van der Waals surface area (Å²) >= 11 is 17.0. The highest BCUT2D eigenvalue weighted by Crippen LogP contribution is 2.55. The fourth-order valence-electron chi connectivity index (χ4n) is 6.48. The zero-order chi connectivity index (χ0) is 30.6. The number of carbonyl (C=O) groups is 3. The highest BCUT2D eigenvalue weighted by atomic mass is 79.9. The Bertz CT molecular complexity index is 1460. The number of hydrogen-bond acceptors (Lipinski definition) is 5. The normalized spacial score (nSPS) is 20.0. The Morgan fingerprint density at radius 2 is 1.43 bits per heavy atom. The summed E-state index contributed by atoms with van der Waals surface area (Å²) in [4.78, 5) is 41.4. The highest BCUT2D eigenvalue weighted by molar-refractivity contribution is 9.10. The van der Waals surface area contributed by atoms with Crippen molar-refractivity contribution in [1.82, 2.24) is 4.90 Å². The molecule has 0 radical (unpaired) electrons. The summed E-state index contributed by atoms with van der Waals surface area (Å²) in [6.45, 7) is 8.64. The quantitative estimate of drug-likeness (QED) is 0.317. The van der Waals surface area contributed by atoms with E-state index in [1.807, 2.05) is 56.9 Å². The van der Waals surface area contributed by atoms with E-state index in [0.29, 0.717) is 58.2 Å². The third-order valence-electron chi connectivity index (χ3n) is 8.22. The van der Waals surface area contributed by atoms with Gasteiger partial charge in [-0.2, -0.15) is 0 Å². The summed E-state index contributed by atoms with van der Waals surface area (Å²) in [5.74, 6) is -1.32. The van der Waals surface area contributed by atoms with Gasteiger partial charge in [0, 0.05) is 52.3 Å². The Morgan fingerprint density at radius 3 is 1.90 bits per heavy atom. The molecule has 1 aliphatic heterocycles. The average Bonchev–Trinajstić information content (AvgIpc) is 2.86. The summed E-state index contributed by atoms with van der Waals surface area (Å²) in [6.07, 6.45) is 1.72. The summed E-state index contributed by atoms with van der Waals surface area (Å²) in [6, 6.07) is 11.2. The Hall–Kier alpha value is -2.61. The third-order valence-corrected chi connectivity index (χ3v) is 9.31. The second-order valence-electron chi connectivity index (χ2n) is 13.1. The van der Waals surface area contributed by atoms with Crippen molar-refractivity contribution < 1.29 is 24.2 Å². The van der Waals surface area contributed by atoms with Gasteiger partial charge in [0.05, 0.1) is 16.5 Å². The number of ketones is 2. The lowest BCUT2D eigenvalue weighted by Crippen LogP contribution is -2.45. The maximum Gasteiger partial charge on any atom is 0.305 e. The predicted octanol–water partition coefficient (Wildman–Crippen LogP) is 8.50. The zero-order valence-electron chi connectivity index (χ0n) is 24.2. The minimum Gasteiger partial charge on any atom is -0.486 e. The third kappa shape index (κ3) is 6.20. The molecule has 1 N–H and O–H groups in total. The van der Waals surface area contributed by atoms with Crippen molar-refractivity contribution in [3.05, 3.63) is 84.6 Å². The van der Waals surface area contributed by atoms with Crippen molar-refractivity contribution in [3.63, 3.8) is 0 Å². The minimum atomic E-state index is -0.929. The van der Waals surface area contributed by atoms with E-state index >= 15 is 0 Å². The number of carbonyl (C=O) groups excluding carboxylic acids is 2. The number of benzene rings is 2. The Balaban J connectivity index is 1.63. The number of halogens is 3. The summed E-state index contributed by atoms with van der Waals surface area (Å²) < 4.78 is 6.98. The van der Waals surface area contributed by atoms with Crippen LogP contribution in [0.5, 0.6) is 5.75 Å². The highest BCUT2D eigenvalue weighted by Gasteiger charge is 2.49. The molecule has 3 aliphatic rings. The number of allylic oxidation sites excluding steroid dienone is 4. The average molecular weight is 675 g/mol. The molecule has 6 nitrogen and oxygen atoms in total. The van der Waals surface area contributed by atoms with Crippen LogP contribution in [0.2, 0.25) is 10.0 Å². The van der Waals surface area contributed by atoms with Gasteiger partial charge < -0.3 is 14.7 Å². The lowest BCUT2D eigenvalue weighted by molar-refractivity contribution is -0.137. The number of aliphatic carboxylic acids is 1. The van der Waals surface area contributed by atoms with Crippen LogP contribution >= 0.6 is 39.1 Å². The van der Waals surface area contributed by atoms with Gasteiger partial charge in [0.25, 0.3) is 0 Å². The molecule has 0 bridgehead atoms. The summed E-state index contributed by atoms with van der Waals surface area (Å²) in [5.41, 5.74) is 3.66. The molecule has 42 heavy (non-hydrogen) atoms. The van der Waals surface area contributed by atoms with Crippen LogP contribution in [0.1, 0.15) is 76.8 Å². The molecule has 2 aromatic carbocycles. The van der Waals surface area contributed by atoms with Crippen LogP contribution in [0.4, 0.5) is 0 Å². The molecule has 9 heteroatoms. The largest absolute Gasteiger partial charge is 0.486 e. The first kappa shape index (κ1) is 30.8. The molecule has 5 rings (SSSR count). The number of carboxylic acid groups (broad SMARTS) is 1. The second-order valence-corrected chi connectivity index (χ2v) is 14.8. The van der Waals surface area contributed by atoms with Crippen LogP contribution in [0.25, 0.3) is 0 Å². The first-order chi connectivity index (χ1) is 19.7. The van der Waals surface area contributed by atoms with E-state index in [4.69, 9.17) is 27.9 Å². The molecule has 0 spiro atoms. The second kappa shape index (κ2) is 11.5. The first-order valence-corrected chi connectivity index (χ1v) is 15.6. The van der Waals surface area contributed by atoms with E-state index in [0.717, 1.165) is 21.4 Å². The van der Waals surface area contributed by atoms with Gasteiger partial charge >= 0.3 is 5.97 Å². The van der Waals surface area contributed by atoms with E-state index in [9.17, 15) is 19.5 Å². The van der Waals surface area contributed by atoms with E-state index in [2.05, 4.69) is 15.9 Å². The SMILES string of the molecule is CC1(C)CC(=O)C2=C(C1)N(CCC(=O)O)C1=C(C(=O)CC(C)(C)C1)C2c1cc(Cl)c(OCc2ccc(Br)cc2)c(Cl)c1. The number of Topliss-reactive ketones (excluding diaryl/α,β-unsaturated/α-hetero) is 2. The number of nitrogens with zero attached hydrogens (tertiary/aromatic N) is 1. The van der Waals surface area contributed by atoms with Crippen molar-refractivity contribution in [1.29, 1.82) is 0 Å². The maximum absolute atomic E-state index is 13.9. The van der Waals surface area contributed by atoms with Gasteiger partial charge in [-0.15, -0.1) is 0 Å². The monoisotopic (exact) mass is 673 g/mol. The van der Waals surface area contributed by atoms with Crippen molar-refractivity contribution in [3.8, 4) is 5.75 Å². The van der Waals surface area contributed by atoms with Gasteiger partial charge in [-0.1, -0.05) is 79.0 Å². The van der Waals surface area contributed by atoms with Crippen LogP contribution in [0.3, 0.4) is 0 Å². The topological polar surface area (TPSA) is 83.9 Å². The molecular weight excluding hydrogens is 641 g/mol. The molecule has 0 aromatic heterocycles. The lowest BCUT2D eigenvalue weighted by Gasteiger charge is -2.49. The lowest BCUT2D eigenvalue weighted by atomic mass is 9.63. The Kier molecular flexibility index (Phi) is 8.42. The molecule has 2 aromatic rings. The van der Waals surface area contributed by atoms with Gasteiger partial charge in [0.1, 0.15) is 6.61 Å². The van der Waals surface area contributed by atoms with E-state index in [1.165, 1.54) is 0 Å². The maximum atomic E-state index is 13.9. The zero-order valence-corrected chi connectivity index (χ0v) is 27.3. The Labute approximate surface area is 264 Å². The summed E-state index contributed by atoms with van der Waals surface area (Å²) in [5, 5.41) is 10.1. The van der Waals surface area contributed by atoms with Crippen LogP contribution in [0.15, 0.2) is 63.4 Å². The van der Waals surface area contributed by atoms with Gasteiger partial charge in [0.15, 0.2) is 17.3 Å². The minimum absolute atomic E-state index is 0.0430. The van der Waals surface area contributed by atoms with Gasteiger partial charge in [-0.05, 0) is 59.1 Å². The molecule has 0 unspecified atom stereocenters. The molecular formula is C33H34BrCl2NO5. The predicted molar refractivity (Wildman–Crippen MR) is 167 cm³/mol. The van der Waals surface area contributed by atoms with E-state index in [1.54, 1.807) is 12.1 Å². The molecule has 0 saturated carbocycles. The summed E-state index contributed by atoms with van der Waals surface area (Å²) in [7, 11) is 0. The first-order valence-electron chi connectivity index (χ1n) is 14.0. The van der Waals surface area contributed by atoms with Gasteiger partial charge in [0.2, 0.25) is 0 Å². The molecule has 222 valence electrons.